The van der Waals surface area contributed by atoms with Crippen molar-refractivity contribution in [2.24, 2.45) is 0 Å². The second kappa shape index (κ2) is 13.6. The molecule has 2 nitrogen and oxygen atoms in total. The second-order valence-corrected chi connectivity index (χ2v) is 12.7. The van der Waals surface area contributed by atoms with Gasteiger partial charge in [-0.1, -0.05) is 153 Å². The Hall–Kier alpha value is -6.38. The molecule has 0 saturated carbocycles. The van der Waals surface area contributed by atoms with Crippen LogP contribution in [-0.4, -0.2) is 6.04 Å². The zero-order valence-corrected chi connectivity index (χ0v) is 28.0. The van der Waals surface area contributed by atoms with Gasteiger partial charge in [0.25, 0.3) is 0 Å². The predicted octanol–water partition coefficient (Wildman–Crippen LogP) is 13.3. The van der Waals surface area contributed by atoms with Gasteiger partial charge >= 0.3 is 0 Å². The summed E-state index contributed by atoms with van der Waals surface area (Å²) < 4.78 is 0. The minimum Gasteiger partial charge on any atom is -0.334 e. The van der Waals surface area contributed by atoms with Gasteiger partial charge in [0.2, 0.25) is 0 Å². The molecule has 1 aliphatic rings. The number of nitrogens with zero attached hydrogens (tertiary/aromatic N) is 2. The number of hydrogen-bond donors (Lipinski definition) is 0. The second-order valence-electron chi connectivity index (χ2n) is 12.7. The molecule has 0 fully saturated rings. The lowest BCUT2D eigenvalue weighted by Gasteiger charge is -2.34. The number of fused-ring (bicyclic) bond motifs is 2. The zero-order chi connectivity index (χ0) is 33.9. The highest BCUT2D eigenvalue weighted by atomic mass is 15.2. The highest BCUT2D eigenvalue weighted by Gasteiger charge is 2.23. The summed E-state index contributed by atoms with van der Waals surface area (Å²) in [7, 11) is 0. The van der Waals surface area contributed by atoms with Gasteiger partial charge in [0.1, 0.15) is 0 Å². The van der Waals surface area contributed by atoms with Crippen LogP contribution in [0.25, 0.3) is 39.3 Å². The first-order chi connectivity index (χ1) is 24.7. The summed E-state index contributed by atoms with van der Waals surface area (Å²) in [4.78, 5) is 4.82. The standard InChI is InChI=1S/C48H38N2/c1-3-35-19-27-41(28-20-35)49(47-17-9-13-39-11-5-7-15-45(39)47)43-31-23-37(24-32-43)38-25-33-44(34-26-38)50(42-29-21-36(4-2)22-30-42)48-18-10-14-40-12-6-8-16-46(40)48/h3-33,44H,1-2,34H2. The molecule has 0 heterocycles. The van der Waals surface area contributed by atoms with Crippen molar-refractivity contribution in [1.29, 1.82) is 0 Å². The lowest BCUT2D eigenvalue weighted by atomic mass is 9.94. The molecule has 240 valence electrons. The van der Waals surface area contributed by atoms with E-state index in [1.807, 2.05) is 12.2 Å². The molecule has 0 saturated heterocycles. The van der Waals surface area contributed by atoms with Crippen molar-refractivity contribution in [2.75, 3.05) is 9.80 Å². The van der Waals surface area contributed by atoms with Gasteiger partial charge in [-0.15, -0.1) is 0 Å². The smallest absolute Gasteiger partial charge is 0.0560 e. The van der Waals surface area contributed by atoms with E-state index in [9.17, 15) is 0 Å². The molecule has 8 rings (SSSR count). The maximum absolute atomic E-state index is 3.96. The van der Waals surface area contributed by atoms with Gasteiger partial charge in [-0.2, -0.15) is 0 Å². The van der Waals surface area contributed by atoms with E-state index in [1.54, 1.807) is 0 Å². The van der Waals surface area contributed by atoms with Crippen molar-refractivity contribution in [3.8, 4) is 0 Å². The average Bonchev–Trinajstić information content (AvgIpc) is 3.19. The molecular formula is C48H38N2. The molecule has 0 amide bonds. The Labute approximate surface area is 294 Å². The Morgan fingerprint density at radius 1 is 0.500 bits per heavy atom. The highest BCUT2D eigenvalue weighted by Crippen LogP contribution is 2.41. The summed E-state index contributed by atoms with van der Waals surface area (Å²) in [5.74, 6) is 0. The quantitative estimate of drug-likeness (QED) is 0.155. The van der Waals surface area contributed by atoms with Crippen LogP contribution in [0.5, 0.6) is 0 Å². The van der Waals surface area contributed by atoms with Crippen LogP contribution in [-0.2, 0) is 0 Å². The van der Waals surface area contributed by atoms with E-state index in [1.165, 1.54) is 38.4 Å². The van der Waals surface area contributed by atoms with Crippen LogP contribution in [0.4, 0.5) is 28.4 Å². The highest BCUT2D eigenvalue weighted by molar-refractivity contribution is 5.99. The third-order valence-electron chi connectivity index (χ3n) is 9.70. The molecule has 1 aliphatic carbocycles. The normalized spacial score (nSPS) is 13.9. The summed E-state index contributed by atoms with van der Waals surface area (Å²) >= 11 is 0. The Kier molecular flexibility index (Phi) is 8.42. The fourth-order valence-electron chi connectivity index (χ4n) is 7.11. The number of anilines is 5. The van der Waals surface area contributed by atoms with E-state index in [4.69, 9.17) is 0 Å². The molecule has 0 radical (unpaired) electrons. The molecule has 1 unspecified atom stereocenters. The van der Waals surface area contributed by atoms with Crippen LogP contribution in [0.1, 0.15) is 23.1 Å². The van der Waals surface area contributed by atoms with Crippen molar-refractivity contribution < 1.29 is 0 Å². The minimum atomic E-state index is 0.166. The largest absolute Gasteiger partial charge is 0.334 e. The van der Waals surface area contributed by atoms with Crippen molar-refractivity contribution in [3.63, 3.8) is 0 Å². The van der Waals surface area contributed by atoms with Crippen LogP contribution < -0.4 is 9.80 Å². The van der Waals surface area contributed by atoms with Crippen molar-refractivity contribution in [2.45, 2.75) is 12.5 Å². The summed E-state index contributed by atoms with van der Waals surface area (Å²) in [5, 5.41) is 4.92. The minimum absolute atomic E-state index is 0.166. The Morgan fingerprint density at radius 3 is 1.56 bits per heavy atom. The van der Waals surface area contributed by atoms with Crippen LogP contribution in [0.2, 0.25) is 0 Å². The lowest BCUT2D eigenvalue weighted by Crippen LogP contribution is -2.30. The van der Waals surface area contributed by atoms with E-state index in [-0.39, 0.29) is 6.04 Å². The van der Waals surface area contributed by atoms with Gasteiger partial charge in [-0.3, -0.25) is 0 Å². The van der Waals surface area contributed by atoms with Crippen LogP contribution in [0.15, 0.2) is 189 Å². The van der Waals surface area contributed by atoms with E-state index in [0.29, 0.717) is 0 Å². The molecule has 0 aliphatic heterocycles. The maximum Gasteiger partial charge on any atom is 0.0560 e. The molecule has 0 spiro atoms. The van der Waals surface area contributed by atoms with Crippen LogP contribution in [0.3, 0.4) is 0 Å². The van der Waals surface area contributed by atoms with E-state index in [0.717, 1.165) is 40.3 Å². The Morgan fingerprint density at radius 2 is 1.00 bits per heavy atom. The average molecular weight is 643 g/mol. The Bertz CT molecular complexity index is 2370. The monoisotopic (exact) mass is 642 g/mol. The van der Waals surface area contributed by atoms with Crippen LogP contribution in [0, 0.1) is 0 Å². The summed E-state index contributed by atoms with van der Waals surface area (Å²) in [6.45, 7) is 7.91. The molecule has 0 N–H and O–H groups in total. The van der Waals surface area contributed by atoms with Crippen molar-refractivity contribution in [3.05, 3.63) is 206 Å². The third kappa shape index (κ3) is 5.93. The van der Waals surface area contributed by atoms with Crippen molar-refractivity contribution in [1.82, 2.24) is 0 Å². The number of hydrogen-bond acceptors (Lipinski definition) is 2. The van der Waals surface area contributed by atoms with Gasteiger partial charge in [-0.25, -0.2) is 0 Å². The van der Waals surface area contributed by atoms with Gasteiger partial charge in [0, 0.05) is 33.5 Å². The number of allylic oxidation sites excluding steroid dienone is 2. The van der Waals surface area contributed by atoms with Gasteiger partial charge in [0.05, 0.1) is 11.7 Å². The molecule has 0 aromatic heterocycles. The van der Waals surface area contributed by atoms with Gasteiger partial charge in [-0.05, 0) is 88.0 Å². The fraction of sp³-hybridized carbons (Fsp3) is 0.0417. The SMILES string of the molecule is C=Cc1ccc(N(c2ccc(C3=CCC(N(c4ccc(C=C)cc4)c4cccc5ccccc45)C=C3)cc2)c2cccc3ccccc23)cc1. The Balaban J connectivity index is 1.12. The topological polar surface area (TPSA) is 6.48 Å². The predicted molar refractivity (Wildman–Crippen MR) is 217 cm³/mol. The lowest BCUT2D eigenvalue weighted by molar-refractivity contribution is 0.789. The summed E-state index contributed by atoms with van der Waals surface area (Å²) in [6.07, 6.45) is 11.7. The fourth-order valence-corrected chi connectivity index (χ4v) is 7.11. The molecular weight excluding hydrogens is 605 g/mol. The number of rotatable bonds is 9. The molecule has 1 atom stereocenters. The summed E-state index contributed by atoms with van der Waals surface area (Å²) in [6, 6.07) is 56.8. The van der Waals surface area contributed by atoms with Crippen molar-refractivity contribution >= 4 is 67.7 Å². The third-order valence-corrected chi connectivity index (χ3v) is 9.70. The first-order valence-electron chi connectivity index (χ1n) is 17.2. The molecule has 50 heavy (non-hydrogen) atoms. The molecule has 0 bridgehead atoms. The molecule has 2 heteroatoms. The molecule has 7 aromatic rings. The molecule has 7 aromatic carbocycles. The number of benzene rings is 7. The van der Waals surface area contributed by atoms with Crippen LogP contribution >= 0.6 is 0 Å². The van der Waals surface area contributed by atoms with Gasteiger partial charge < -0.3 is 9.80 Å². The maximum atomic E-state index is 3.96. The first kappa shape index (κ1) is 30.9. The van der Waals surface area contributed by atoms with E-state index in [2.05, 4.69) is 199 Å². The zero-order valence-electron chi connectivity index (χ0n) is 28.0. The van der Waals surface area contributed by atoms with Gasteiger partial charge in [0.15, 0.2) is 0 Å². The van der Waals surface area contributed by atoms with E-state index < -0.39 is 0 Å². The van der Waals surface area contributed by atoms with E-state index >= 15 is 0 Å². The summed E-state index contributed by atoms with van der Waals surface area (Å²) in [5.41, 5.74) is 10.4. The first-order valence-corrected chi connectivity index (χ1v) is 17.2.